The first-order valence-electron chi connectivity index (χ1n) is 6.22. The van der Waals surface area contributed by atoms with E-state index in [1.807, 2.05) is 13.8 Å². The molecule has 96 valence electrons. The van der Waals surface area contributed by atoms with E-state index < -0.39 is 0 Å². The monoisotopic (exact) mass is 229 g/mol. The van der Waals surface area contributed by atoms with Gasteiger partial charge in [0, 0.05) is 12.1 Å². The number of nitrogens with two attached hydrogens (primary N) is 1. The maximum absolute atomic E-state index is 11.2. The van der Waals surface area contributed by atoms with Gasteiger partial charge in [0.05, 0.1) is 6.04 Å². The highest BCUT2D eigenvalue weighted by atomic mass is 16.1. The van der Waals surface area contributed by atoms with Crippen LogP contribution < -0.4 is 16.4 Å². The molecule has 0 aliphatic carbocycles. The Balaban J connectivity index is 3.64. The van der Waals surface area contributed by atoms with Gasteiger partial charge >= 0.3 is 0 Å². The van der Waals surface area contributed by atoms with Gasteiger partial charge in [-0.25, -0.2) is 0 Å². The zero-order valence-corrected chi connectivity index (χ0v) is 11.0. The largest absolute Gasteiger partial charge is 0.368 e. The predicted octanol–water partition coefficient (Wildman–Crippen LogP) is 1.01. The van der Waals surface area contributed by atoms with Crippen molar-refractivity contribution in [1.82, 2.24) is 10.6 Å². The Morgan fingerprint density at radius 1 is 1.12 bits per heavy atom. The Labute approximate surface area is 99.4 Å². The molecule has 0 saturated carbocycles. The van der Waals surface area contributed by atoms with Crippen LogP contribution in [0.5, 0.6) is 0 Å². The van der Waals surface area contributed by atoms with Crippen LogP contribution in [0.4, 0.5) is 0 Å². The maximum atomic E-state index is 11.2. The Morgan fingerprint density at radius 2 is 1.75 bits per heavy atom. The van der Waals surface area contributed by atoms with Crippen molar-refractivity contribution in [3.8, 4) is 0 Å². The fourth-order valence-corrected chi connectivity index (χ4v) is 1.57. The summed E-state index contributed by atoms with van der Waals surface area (Å²) >= 11 is 0. The molecule has 0 aromatic carbocycles. The second-order valence-electron chi connectivity index (χ2n) is 4.88. The second kappa shape index (κ2) is 8.53. The summed E-state index contributed by atoms with van der Waals surface area (Å²) < 4.78 is 0. The molecule has 4 heteroatoms. The topological polar surface area (TPSA) is 67.2 Å². The van der Waals surface area contributed by atoms with E-state index in [2.05, 4.69) is 24.5 Å². The number of hydrogen-bond donors (Lipinski definition) is 3. The maximum Gasteiger partial charge on any atom is 0.234 e. The highest BCUT2D eigenvalue weighted by Crippen LogP contribution is 2.01. The average molecular weight is 229 g/mol. The van der Waals surface area contributed by atoms with Crippen LogP contribution in [-0.4, -0.2) is 30.6 Å². The van der Waals surface area contributed by atoms with Crippen molar-refractivity contribution < 1.29 is 4.79 Å². The van der Waals surface area contributed by atoms with E-state index in [-0.39, 0.29) is 11.9 Å². The van der Waals surface area contributed by atoms with E-state index in [0.717, 1.165) is 25.8 Å². The predicted molar refractivity (Wildman–Crippen MR) is 68.2 cm³/mol. The van der Waals surface area contributed by atoms with Crippen LogP contribution in [0.15, 0.2) is 0 Å². The molecule has 0 aromatic rings. The van der Waals surface area contributed by atoms with Gasteiger partial charge in [-0.1, -0.05) is 34.1 Å². The van der Waals surface area contributed by atoms with Gasteiger partial charge in [0.15, 0.2) is 0 Å². The first kappa shape index (κ1) is 15.4. The van der Waals surface area contributed by atoms with Gasteiger partial charge in [0.2, 0.25) is 5.91 Å². The minimum Gasteiger partial charge on any atom is -0.368 e. The van der Waals surface area contributed by atoms with Crippen LogP contribution in [-0.2, 0) is 4.79 Å². The minimum absolute atomic E-state index is 0.181. The number of primary amides is 1. The summed E-state index contributed by atoms with van der Waals surface area (Å²) in [4.78, 5) is 11.2. The molecule has 0 heterocycles. The van der Waals surface area contributed by atoms with Crippen molar-refractivity contribution in [2.75, 3.05) is 6.54 Å². The van der Waals surface area contributed by atoms with Gasteiger partial charge in [-0.05, 0) is 19.4 Å². The first-order chi connectivity index (χ1) is 7.43. The Hall–Kier alpha value is -0.610. The van der Waals surface area contributed by atoms with Crippen molar-refractivity contribution >= 4 is 5.91 Å². The molecule has 4 N–H and O–H groups in total. The standard InChI is InChI=1S/C12H27N3O/c1-9(2)14-8-6-5-7-11(12(13)16)15-10(3)4/h9-11,14-15H,5-8H2,1-4H3,(H2,13,16). The Morgan fingerprint density at radius 3 is 2.19 bits per heavy atom. The van der Waals surface area contributed by atoms with Gasteiger partial charge in [0.25, 0.3) is 0 Å². The van der Waals surface area contributed by atoms with E-state index in [9.17, 15) is 4.79 Å². The molecule has 0 saturated heterocycles. The van der Waals surface area contributed by atoms with Crippen LogP contribution in [0.1, 0.15) is 47.0 Å². The summed E-state index contributed by atoms with van der Waals surface area (Å²) in [5.41, 5.74) is 5.33. The normalized spacial score (nSPS) is 13.4. The minimum atomic E-state index is -0.245. The zero-order chi connectivity index (χ0) is 12.6. The molecule has 0 spiro atoms. The number of hydrogen-bond acceptors (Lipinski definition) is 3. The second-order valence-corrected chi connectivity index (χ2v) is 4.88. The molecule has 0 bridgehead atoms. The number of amides is 1. The van der Waals surface area contributed by atoms with Crippen LogP contribution in [0.25, 0.3) is 0 Å². The molecule has 0 aliphatic heterocycles. The average Bonchev–Trinajstić information content (AvgIpc) is 2.14. The zero-order valence-electron chi connectivity index (χ0n) is 11.0. The van der Waals surface area contributed by atoms with E-state index in [1.54, 1.807) is 0 Å². The highest BCUT2D eigenvalue weighted by Gasteiger charge is 2.14. The smallest absolute Gasteiger partial charge is 0.234 e. The van der Waals surface area contributed by atoms with E-state index in [1.165, 1.54) is 0 Å². The van der Waals surface area contributed by atoms with E-state index >= 15 is 0 Å². The Bertz CT molecular complexity index is 193. The number of carbonyl (C=O) groups is 1. The lowest BCUT2D eigenvalue weighted by atomic mass is 10.1. The van der Waals surface area contributed by atoms with Crippen molar-refractivity contribution in [2.45, 2.75) is 65.1 Å². The molecule has 0 radical (unpaired) electrons. The van der Waals surface area contributed by atoms with Gasteiger partial charge in [-0.15, -0.1) is 0 Å². The summed E-state index contributed by atoms with van der Waals surface area (Å²) in [7, 11) is 0. The van der Waals surface area contributed by atoms with Crippen molar-refractivity contribution in [3.05, 3.63) is 0 Å². The third kappa shape index (κ3) is 8.68. The van der Waals surface area contributed by atoms with Crippen LogP contribution >= 0.6 is 0 Å². The Kier molecular flexibility index (Phi) is 8.21. The van der Waals surface area contributed by atoms with Gasteiger partial charge in [-0.3, -0.25) is 4.79 Å². The number of unbranched alkanes of at least 4 members (excludes halogenated alkanes) is 1. The lowest BCUT2D eigenvalue weighted by molar-refractivity contribution is -0.120. The van der Waals surface area contributed by atoms with E-state index in [0.29, 0.717) is 12.1 Å². The molecule has 1 unspecified atom stereocenters. The molecule has 1 amide bonds. The molecule has 0 fully saturated rings. The first-order valence-corrected chi connectivity index (χ1v) is 6.22. The van der Waals surface area contributed by atoms with Crippen molar-refractivity contribution in [1.29, 1.82) is 0 Å². The number of carbonyl (C=O) groups excluding carboxylic acids is 1. The SMILES string of the molecule is CC(C)NCCCCC(NC(C)C)C(N)=O. The molecular formula is C12H27N3O. The fraction of sp³-hybridized carbons (Fsp3) is 0.917. The quantitative estimate of drug-likeness (QED) is 0.517. The van der Waals surface area contributed by atoms with Crippen LogP contribution in [0.2, 0.25) is 0 Å². The molecule has 0 aliphatic rings. The summed E-state index contributed by atoms with van der Waals surface area (Å²) in [5, 5.41) is 6.54. The number of nitrogens with one attached hydrogen (secondary N) is 2. The summed E-state index contributed by atoms with van der Waals surface area (Å²) in [6.45, 7) is 9.32. The molecule has 16 heavy (non-hydrogen) atoms. The third-order valence-electron chi connectivity index (χ3n) is 2.35. The molecule has 1 atom stereocenters. The highest BCUT2D eigenvalue weighted by molar-refractivity contribution is 5.79. The molecule has 4 nitrogen and oxygen atoms in total. The van der Waals surface area contributed by atoms with Gasteiger partial charge in [0.1, 0.15) is 0 Å². The van der Waals surface area contributed by atoms with Crippen molar-refractivity contribution in [3.63, 3.8) is 0 Å². The van der Waals surface area contributed by atoms with E-state index in [4.69, 9.17) is 5.73 Å². The third-order valence-corrected chi connectivity index (χ3v) is 2.35. The molecular weight excluding hydrogens is 202 g/mol. The molecule has 0 aromatic heterocycles. The lowest BCUT2D eigenvalue weighted by Crippen LogP contribution is -2.44. The number of rotatable bonds is 9. The van der Waals surface area contributed by atoms with Crippen LogP contribution in [0.3, 0.4) is 0 Å². The fourth-order valence-electron chi connectivity index (χ4n) is 1.57. The van der Waals surface area contributed by atoms with Crippen molar-refractivity contribution in [2.24, 2.45) is 5.73 Å². The lowest BCUT2D eigenvalue weighted by Gasteiger charge is -2.18. The van der Waals surface area contributed by atoms with Gasteiger partial charge in [-0.2, -0.15) is 0 Å². The van der Waals surface area contributed by atoms with Crippen LogP contribution in [0, 0.1) is 0 Å². The summed E-state index contributed by atoms with van der Waals surface area (Å²) in [6, 6.07) is 0.645. The summed E-state index contributed by atoms with van der Waals surface area (Å²) in [5.74, 6) is -0.245. The summed E-state index contributed by atoms with van der Waals surface area (Å²) in [6.07, 6.45) is 2.93. The molecule has 0 rings (SSSR count). The van der Waals surface area contributed by atoms with Gasteiger partial charge < -0.3 is 16.4 Å².